The number of carbonyl (C=O) groups excluding carboxylic acids is 1. The molecule has 0 aliphatic carbocycles. The van der Waals surface area contributed by atoms with Crippen molar-refractivity contribution in [3.63, 3.8) is 0 Å². The number of carboxylic acid groups (broad SMARTS) is 1. The number of nitrogens with zero attached hydrogens (tertiary/aromatic N) is 2. The summed E-state index contributed by atoms with van der Waals surface area (Å²) in [6.07, 6.45) is 1.44. The van der Waals surface area contributed by atoms with E-state index in [1.807, 2.05) is 6.92 Å². The highest BCUT2D eigenvalue weighted by Gasteiger charge is 2.19. The van der Waals surface area contributed by atoms with Crippen LogP contribution in [0.15, 0.2) is 11.1 Å². The van der Waals surface area contributed by atoms with Crippen molar-refractivity contribution in [2.24, 2.45) is 0 Å². The molecule has 0 aliphatic rings. The molecule has 1 amide bonds. The van der Waals surface area contributed by atoms with Crippen LogP contribution in [0.4, 0.5) is 0 Å². The summed E-state index contributed by atoms with van der Waals surface area (Å²) in [6, 6.07) is 0. The van der Waals surface area contributed by atoms with E-state index >= 15 is 0 Å². The molecule has 20 heavy (non-hydrogen) atoms. The predicted octanol–water partition coefficient (Wildman–Crippen LogP) is 0.601. The van der Waals surface area contributed by atoms with Gasteiger partial charge >= 0.3 is 5.97 Å². The van der Waals surface area contributed by atoms with Gasteiger partial charge in [-0.3, -0.25) is 19.0 Å². The summed E-state index contributed by atoms with van der Waals surface area (Å²) in [6.45, 7) is 3.53. The number of carboxylic acids is 1. The maximum atomic E-state index is 12.2. The molecule has 2 N–H and O–H groups in total. The van der Waals surface area contributed by atoms with Crippen LogP contribution in [0.25, 0.3) is 10.2 Å². The molecule has 106 valence electrons. The van der Waals surface area contributed by atoms with E-state index in [0.29, 0.717) is 27.2 Å². The Balaban J connectivity index is 2.49. The average Bonchev–Trinajstić information content (AvgIpc) is 2.74. The van der Waals surface area contributed by atoms with Crippen LogP contribution in [0, 0.1) is 6.92 Å². The Kier molecular flexibility index (Phi) is 3.84. The summed E-state index contributed by atoms with van der Waals surface area (Å²) in [4.78, 5) is 39.5. The van der Waals surface area contributed by atoms with Gasteiger partial charge in [0.15, 0.2) is 0 Å². The third kappa shape index (κ3) is 2.42. The van der Waals surface area contributed by atoms with Gasteiger partial charge in [-0.15, -0.1) is 11.3 Å². The van der Waals surface area contributed by atoms with E-state index < -0.39 is 18.4 Å². The number of aromatic nitrogens is 2. The first-order valence-corrected chi connectivity index (χ1v) is 6.75. The largest absolute Gasteiger partial charge is 0.480 e. The fraction of sp³-hybridized carbons (Fsp3) is 0.333. The van der Waals surface area contributed by atoms with Gasteiger partial charge in [-0.25, -0.2) is 4.98 Å². The zero-order valence-electron chi connectivity index (χ0n) is 11.0. The van der Waals surface area contributed by atoms with Crippen molar-refractivity contribution in [3.8, 4) is 0 Å². The topological polar surface area (TPSA) is 101 Å². The smallest absolute Gasteiger partial charge is 0.322 e. The minimum absolute atomic E-state index is 0.191. The number of carbonyl (C=O) groups is 2. The Bertz CT molecular complexity index is 747. The van der Waals surface area contributed by atoms with Gasteiger partial charge in [0.1, 0.15) is 11.4 Å². The monoisotopic (exact) mass is 295 g/mol. The second-order valence-electron chi connectivity index (χ2n) is 4.15. The summed E-state index contributed by atoms with van der Waals surface area (Å²) in [5.74, 6) is -1.63. The number of hydrogen-bond donors (Lipinski definition) is 2. The van der Waals surface area contributed by atoms with Gasteiger partial charge in [0.2, 0.25) is 0 Å². The molecular weight excluding hydrogens is 282 g/mol. The molecule has 2 rings (SSSR count). The van der Waals surface area contributed by atoms with Gasteiger partial charge in [-0.1, -0.05) is 0 Å². The van der Waals surface area contributed by atoms with Crippen LogP contribution >= 0.6 is 11.3 Å². The van der Waals surface area contributed by atoms with E-state index in [1.165, 1.54) is 10.9 Å². The number of thiophene rings is 1. The predicted molar refractivity (Wildman–Crippen MR) is 74.3 cm³/mol. The number of amides is 1. The Morgan fingerprint density at radius 1 is 1.50 bits per heavy atom. The van der Waals surface area contributed by atoms with Crippen molar-refractivity contribution < 1.29 is 14.7 Å². The third-order valence-corrected chi connectivity index (χ3v) is 4.06. The number of fused-ring (bicyclic) bond motifs is 1. The van der Waals surface area contributed by atoms with Crippen molar-refractivity contribution in [1.29, 1.82) is 0 Å². The van der Waals surface area contributed by atoms with Gasteiger partial charge in [0.05, 0.1) is 16.6 Å². The number of hydrogen-bond acceptors (Lipinski definition) is 5. The minimum Gasteiger partial charge on any atom is -0.480 e. The van der Waals surface area contributed by atoms with Crippen molar-refractivity contribution in [3.05, 3.63) is 27.1 Å². The summed E-state index contributed by atoms with van der Waals surface area (Å²) >= 11 is 1.09. The zero-order valence-corrected chi connectivity index (χ0v) is 11.8. The van der Waals surface area contributed by atoms with E-state index in [1.54, 1.807) is 6.92 Å². The highest BCUT2D eigenvalue weighted by molar-refractivity contribution is 7.20. The fourth-order valence-electron chi connectivity index (χ4n) is 1.84. The lowest BCUT2D eigenvalue weighted by molar-refractivity contribution is -0.135. The van der Waals surface area contributed by atoms with Crippen molar-refractivity contribution in [2.75, 3.05) is 6.54 Å². The fourth-order valence-corrected chi connectivity index (χ4v) is 2.89. The van der Waals surface area contributed by atoms with Gasteiger partial charge in [0, 0.05) is 6.54 Å². The van der Waals surface area contributed by atoms with Gasteiger partial charge in [-0.05, 0) is 19.4 Å². The van der Waals surface area contributed by atoms with Crippen LogP contribution in [0.3, 0.4) is 0 Å². The number of aryl methyl sites for hydroxylation is 2. The molecule has 0 aliphatic heterocycles. The Morgan fingerprint density at radius 2 is 2.20 bits per heavy atom. The molecular formula is C12H13N3O4S. The van der Waals surface area contributed by atoms with Crippen molar-refractivity contribution >= 4 is 33.4 Å². The summed E-state index contributed by atoms with van der Waals surface area (Å²) in [5.41, 5.74) is 0.344. The first-order chi connectivity index (χ1) is 9.45. The van der Waals surface area contributed by atoms with E-state index in [9.17, 15) is 14.4 Å². The van der Waals surface area contributed by atoms with E-state index in [2.05, 4.69) is 10.3 Å². The molecule has 0 bridgehead atoms. The van der Waals surface area contributed by atoms with Crippen LogP contribution in [0.2, 0.25) is 0 Å². The van der Waals surface area contributed by atoms with E-state index in [0.717, 1.165) is 11.3 Å². The SMILES string of the molecule is CCn1cnc2sc(C(=O)NCC(=O)O)c(C)c2c1=O. The van der Waals surface area contributed by atoms with Gasteiger partial charge < -0.3 is 10.4 Å². The van der Waals surface area contributed by atoms with Crippen molar-refractivity contribution in [1.82, 2.24) is 14.9 Å². The Labute approximate surface area is 117 Å². The average molecular weight is 295 g/mol. The van der Waals surface area contributed by atoms with Crippen LogP contribution in [0.5, 0.6) is 0 Å². The molecule has 2 aromatic heterocycles. The van der Waals surface area contributed by atoms with Crippen LogP contribution < -0.4 is 10.9 Å². The first-order valence-electron chi connectivity index (χ1n) is 5.94. The lowest BCUT2D eigenvalue weighted by Crippen LogP contribution is -2.29. The molecule has 2 aromatic rings. The zero-order chi connectivity index (χ0) is 14.9. The van der Waals surface area contributed by atoms with Gasteiger partial charge in [-0.2, -0.15) is 0 Å². The molecule has 8 heteroatoms. The molecule has 0 saturated heterocycles. The van der Waals surface area contributed by atoms with Crippen LogP contribution in [-0.2, 0) is 11.3 Å². The number of rotatable bonds is 4. The highest BCUT2D eigenvalue weighted by Crippen LogP contribution is 2.26. The molecule has 7 nitrogen and oxygen atoms in total. The Hall–Kier alpha value is -2.22. The molecule has 2 heterocycles. The molecule has 0 radical (unpaired) electrons. The second-order valence-corrected chi connectivity index (χ2v) is 5.15. The maximum absolute atomic E-state index is 12.2. The minimum atomic E-state index is -1.12. The standard InChI is InChI=1S/C12H13N3O4S/c1-3-15-5-14-11-8(12(15)19)6(2)9(20-11)10(18)13-4-7(16)17/h5H,3-4H2,1-2H3,(H,13,18)(H,16,17). The molecule has 0 spiro atoms. The number of nitrogens with one attached hydrogen (secondary N) is 1. The maximum Gasteiger partial charge on any atom is 0.322 e. The summed E-state index contributed by atoms with van der Waals surface area (Å²) in [7, 11) is 0. The molecule has 0 unspecified atom stereocenters. The molecule has 0 saturated carbocycles. The molecule has 0 aromatic carbocycles. The lowest BCUT2D eigenvalue weighted by atomic mass is 10.2. The first kappa shape index (κ1) is 14.2. The highest BCUT2D eigenvalue weighted by atomic mass is 32.1. The lowest BCUT2D eigenvalue weighted by Gasteiger charge is -2.01. The second kappa shape index (κ2) is 5.41. The van der Waals surface area contributed by atoms with Crippen molar-refractivity contribution in [2.45, 2.75) is 20.4 Å². The normalized spacial score (nSPS) is 10.7. The number of aliphatic carboxylic acids is 1. The summed E-state index contributed by atoms with van der Waals surface area (Å²) in [5, 5.41) is 11.3. The molecule has 0 atom stereocenters. The van der Waals surface area contributed by atoms with Gasteiger partial charge in [0.25, 0.3) is 11.5 Å². The summed E-state index contributed by atoms with van der Waals surface area (Å²) < 4.78 is 1.46. The molecule has 0 fully saturated rings. The third-order valence-electron chi connectivity index (χ3n) is 2.86. The van der Waals surface area contributed by atoms with E-state index in [4.69, 9.17) is 5.11 Å². The van der Waals surface area contributed by atoms with Crippen LogP contribution in [0.1, 0.15) is 22.2 Å². The Morgan fingerprint density at radius 3 is 2.80 bits per heavy atom. The quantitative estimate of drug-likeness (QED) is 0.860. The van der Waals surface area contributed by atoms with Crippen LogP contribution in [-0.4, -0.2) is 33.1 Å². The van der Waals surface area contributed by atoms with E-state index in [-0.39, 0.29) is 5.56 Å².